The minimum Gasteiger partial charge on any atom is -0.312 e. The monoisotopic (exact) mass is 272 g/mol. The number of nitrogens with one attached hydrogen (secondary N) is 1. The molecule has 1 aliphatic heterocycles. The van der Waals surface area contributed by atoms with Gasteiger partial charge in [0.05, 0.1) is 0 Å². The second-order valence-corrected chi connectivity index (χ2v) is 6.03. The molecule has 1 aromatic carbocycles. The molecular formula is C17H24N2O. The van der Waals surface area contributed by atoms with E-state index in [0.717, 1.165) is 25.2 Å². The largest absolute Gasteiger partial charge is 0.312 e. The van der Waals surface area contributed by atoms with Crippen molar-refractivity contribution in [2.45, 2.75) is 57.5 Å². The smallest absolute Gasteiger partial charge is 0.227 e. The molecule has 2 fully saturated rings. The molecule has 1 saturated heterocycles. The Morgan fingerprint density at radius 3 is 2.45 bits per heavy atom. The summed E-state index contributed by atoms with van der Waals surface area (Å²) in [5.74, 6) is 0.262. The lowest BCUT2D eigenvalue weighted by Gasteiger charge is -2.23. The summed E-state index contributed by atoms with van der Waals surface area (Å²) in [5, 5.41) is 3.66. The number of benzene rings is 1. The van der Waals surface area contributed by atoms with E-state index in [1.165, 1.54) is 37.7 Å². The number of carbonyl (C=O) groups excluding carboxylic acids is 1. The summed E-state index contributed by atoms with van der Waals surface area (Å²) in [6.45, 7) is 1.82. The van der Waals surface area contributed by atoms with Crippen molar-refractivity contribution < 1.29 is 4.79 Å². The summed E-state index contributed by atoms with van der Waals surface area (Å²) in [6.07, 6.45) is 8.47. The Bertz CT molecular complexity index is 449. The average Bonchev–Trinajstić information content (AvgIpc) is 2.93. The molecule has 0 aromatic heterocycles. The van der Waals surface area contributed by atoms with Crippen molar-refractivity contribution in [3.63, 3.8) is 0 Å². The van der Waals surface area contributed by atoms with Gasteiger partial charge < -0.3 is 10.2 Å². The summed E-state index contributed by atoms with van der Waals surface area (Å²) in [6, 6.07) is 9.17. The van der Waals surface area contributed by atoms with Crippen LogP contribution in [0.3, 0.4) is 0 Å². The first-order chi connectivity index (χ1) is 9.83. The van der Waals surface area contributed by atoms with E-state index in [9.17, 15) is 4.79 Å². The number of anilines is 1. The predicted molar refractivity (Wildman–Crippen MR) is 81.7 cm³/mol. The summed E-state index contributed by atoms with van der Waals surface area (Å²) in [7, 11) is 0. The number of amides is 1. The van der Waals surface area contributed by atoms with Gasteiger partial charge in [-0.05, 0) is 37.0 Å². The highest BCUT2D eigenvalue weighted by molar-refractivity contribution is 5.95. The first kappa shape index (κ1) is 13.6. The van der Waals surface area contributed by atoms with Crippen molar-refractivity contribution in [3.05, 3.63) is 29.8 Å². The van der Waals surface area contributed by atoms with Crippen LogP contribution in [0, 0.1) is 0 Å². The summed E-state index contributed by atoms with van der Waals surface area (Å²) < 4.78 is 0. The maximum absolute atomic E-state index is 11.7. The molecule has 0 unspecified atom stereocenters. The van der Waals surface area contributed by atoms with Crippen LogP contribution in [0.4, 0.5) is 5.69 Å². The molecule has 3 heteroatoms. The molecule has 0 bridgehead atoms. The van der Waals surface area contributed by atoms with Gasteiger partial charge in [0.2, 0.25) is 5.91 Å². The van der Waals surface area contributed by atoms with Crippen LogP contribution in [0.25, 0.3) is 0 Å². The topological polar surface area (TPSA) is 32.3 Å². The standard InChI is InChI=1S/C17H24N2O/c20-17-7-4-12-19(17)16-10-8-14(9-11-16)13-18-15-5-2-1-3-6-15/h8-11,15,18H,1-7,12-13H2. The highest BCUT2D eigenvalue weighted by Crippen LogP contribution is 2.22. The van der Waals surface area contributed by atoms with Gasteiger partial charge in [-0.2, -0.15) is 0 Å². The third-order valence-electron chi connectivity index (χ3n) is 4.52. The van der Waals surface area contributed by atoms with Crippen molar-refractivity contribution in [2.75, 3.05) is 11.4 Å². The minimum absolute atomic E-state index is 0.262. The quantitative estimate of drug-likeness (QED) is 0.912. The van der Waals surface area contributed by atoms with Crippen LogP contribution in [-0.2, 0) is 11.3 Å². The van der Waals surface area contributed by atoms with E-state index in [1.54, 1.807) is 0 Å². The van der Waals surface area contributed by atoms with Crippen molar-refractivity contribution in [3.8, 4) is 0 Å². The van der Waals surface area contributed by atoms with Gasteiger partial charge >= 0.3 is 0 Å². The van der Waals surface area contributed by atoms with Crippen LogP contribution in [0.5, 0.6) is 0 Å². The summed E-state index contributed by atoms with van der Waals surface area (Å²) in [4.78, 5) is 13.6. The summed E-state index contributed by atoms with van der Waals surface area (Å²) in [5.41, 5.74) is 2.36. The molecule has 1 amide bonds. The molecular weight excluding hydrogens is 248 g/mol. The van der Waals surface area contributed by atoms with E-state index in [2.05, 4.69) is 29.6 Å². The second-order valence-electron chi connectivity index (χ2n) is 6.03. The van der Waals surface area contributed by atoms with Gasteiger partial charge in [0.15, 0.2) is 0 Å². The molecule has 1 heterocycles. The molecule has 0 radical (unpaired) electrons. The third kappa shape index (κ3) is 3.21. The van der Waals surface area contributed by atoms with E-state index >= 15 is 0 Å². The molecule has 3 rings (SSSR count). The Hall–Kier alpha value is -1.35. The van der Waals surface area contributed by atoms with E-state index in [4.69, 9.17) is 0 Å². The van der Waals surface area contributed by atoms with Gasteiger partial charge in [0.1, 0.15) is 0 Å². The van der Waals surface area contributed by atoms with Gasteiger partial charge in [0.25, 0.3) is 0 Å². The zero-order chi connectivity index (χ0) is 13.8. The zero-order valence-corrected chi connectivity index (χ0v) is 12.1. The number of carbonyl (C=O) groups is 1. The number of hydrogen-bond acceptors (Lipinski definition) is 2. The minimum atomic E-state index is 0.262. The summed E-state index contributed by atoms with van der Waals surface area (Å²) >= 11 is 0. The lowest BCUT2D eigenvalue weighted by atomic mass is 9.95. The second kappa shape index (κ2) is 6.40. The predicted octanol–water partition coefficient (Wildman–Crippen LogP) is 3.24. The molecule has 1 saturated carbocycles. The van der Waals surface area contributed by atoms with E-state index < -0.39 is 0 Å². The SMILES string of the molecule is O=C1CCCN1c1ccc(CNC2CCCCC2)cc1. The van der Waals surface area contributed by atoms with Gasteiger partial charge in [-0.3, -0.25) is 4.79 Å². The maximum Gasteiger partial charge on any atom is 0.227 e. The molecule has 108 valence electrons. The van der Waals surface area contributed by atoms with Crippen molar-refractivity contribution in [1.29, 1.82) is 0 Å². The first-order valence-corrected chi connectivity index (χ1v) is 7.95. The van der Waals surface area contributed by atoms with Crippen LogP contribution in [0.15, 0.2) is 24.3 Å². The van der Waals surface area contributed by atoms with Crippen LogP contribution in [0.2, 0.25) is 0 Å². The van der Waals surface area contributed by atoms with Crippen molar-refractivity contribution in [1.82, 2.24) is 5.32 Å². The van der Waals surface area contributed by atoms with Crippen molar-refractivity contribution >= 4 is 11.6 Å². The number of hydrogen-bond donors (Lipinski definition) is 1. The Morgan fingerprint density at radius 1 is 1.05 bits per heavy atom. The van der Waals surface area contributed by atoms with Gasteiger partial charge in [-0.15, -0.1) is 0 Å². The van der Waals surface area contributed by atoms with Crippen LogP contribution in [0.1, 0.15) is 50.5 Å². The molecule has 2 aliphatic rings. The molecule has 1 N–H and O–H groups in total. The van der Waals surface area contributed by atoms with Crippen LogP contribution in [-0.4, -0.2) is 18.5 Å². The molecule has 1 aromatic rings. The Morgan fingerprint density at radius 2 is 1.80 bits per heavy atom. The van der Waals surface area contributed by atoms with Gasteiger partial charge in [0, 0.05) is 31.2 Å². The molecule has 0 atom stereocenters. The van der Waals surface area contributed by atoms with E-state index in [1.807, 2.05) is 4.90 Å². The highest BCUT2D eigenvalue weighted by Gasteiger charge is 2.21. The average molecular weight is 272 g/mol. The Labute approximate surface area is 121 Å². The maximum atomic E-state index is 11.7. The Balaban J connectivity index is 1.54. The third-order valence-corrected chi connectivity index (χ3v) is 4.52. The normalized spacial score (nSPS) is 20.6. The molecule has 1 aliphatic carbocycles. The lowest BCUT2D eigenvalue weighted by Crippen LogP contribution is -2.30. The lowest BCUT2D eigenvalue weighted by molar-refractivity contribution is -0.117. The van der Waals surface area contributed by atoms with Gasteiger partial charge in [-0.25, -0.2) is 0 Å². The fraction of sp³-hybridized carbons (Fsp3) is 0.588. The molecule has 3 nitrogen and oxygen atoms in total. The first-order valence-electron chi connectivity index (χ1n) is 7.95. The Kier molecular flexibility index (Phi) is 4.36. The van der Waals surface area contributed by atoms with Crippen molar-refractivity contribution in [2.24, 2.45) is 0 Å². The molecule has 0 spiro atoms. The van der Waals surface area contributed by atoms with E-state index in [0.29, 0.717) is 12.5 Å². The highest BCUT2D eigenvalue weighted by atomic mass is 16.2. The fourth-order valence-corrected chi connectivity index (χ4v) is 3.28. The molecule has 20 heavy (non-hydrogen) atoms. The number of nitrogens with zero attached hydrogens (tertiary/aromatic N) is 1. The fourth-order valence-electron chi connectivity index (χ4n) is 3.28. The number of rotatable bonds is 4. The van der Waals surface area contributed by atoms with Crippen LogP contribution >= 0.6 is 0 Å². The van der Waals surface area contributed by atoms with Crippen LogP contribution < -0.4 is 10.2 Å². The van der Waals surface area contributed by atoms with Gasteiger partial charge in [-0.1, -0.05) is 31.4 Å². The zero-order valence-electron chi connectivity index (χ0n) is 12.1. The van der Waals surface area contributed by atoms with E-state index in [-0.39, 0.29) is 5.91 Å².